The van der Waals surface area contributed by atoms with Gasteiger partial charge in [-0.2, -0.15) is 0 Å². The highest BCUT2D eigenvalue weighted by Gasteiger charge is 2.51. The molecule has 2 nitrogen and oxygen atoms in total. The number of aromatic nitrogens is 1. The molecule has 0 fully saturated rings. The Morgan fingerprint density at radius 2 is 1.18 bits per heavy atom. The molecule has 0 N–H and O–H groups in total. The van der Waals surface area contributed by atoms with Crippen molar-refractivity contribution in [3.05, 3.63) is 161 Å². The maximum absolute atomic E-state index is 6.92. The Balaban J connectivity index is 1.48. The highest BCUT2D eigenvalue weighted by atomic mass is 35.5. The molecule has 0 amide bonds. The van der Waals surface area contributed by atoms with Crippen LogP contribution in [0.4, 0.5) is 0 Å². The fourth-order valence-electron chi connectivity index (χ4n) is 7.22. The van der Waals surface area contributed by atoms with Crippen molar-refractivity contribution in [2.75, 3.05) is 0 Å². The third-order valence-corrected chi connectivity index (χ3v) is 9.03. The summed E-state index contributed by atoms with van der Waals surface area (Å²) in [5.74, 6) is 1.76. The van der Waals surface area contributed by atoms with E-state index in [1.54, 1.807) is 0 Å². The van der Waals surface area contributed by atoms with Crippen LogP contribution in [0.25, 0.3) is 38.6 Å². The minimum atomic E-state index is -0.495. The van der Waals surface area contributed by atoms with Gasteiger partial charge < -0.3 is 9.30 Å². The number of hydrogen-bond acceptors (Lipinski definition) is 1. The van der Waals surface area contributed by atoms with Gasteiger partial charge in [-0.25, -0.2) is 0 Å². The lowest BCUT2D eigenvalue weighted by molar-refractivity contribution is 0.437. The van der Waals surface area contributed by atoms with Crippen molar-refractivity contribution in [2.24, 2.45) is 0 Å². The number of nitrogens with zero attached hydrogens (tertiary/aromatic N) is 1. The molecule has 6 aromatic carbocycles. The van der Waals surface area contributed by atoms with E-state index in [1.807, 2.05) is 18.2 Å². The highest BCUT2D eigenvalue weighted by Crippen LogP contribution is 2.62. The van der Waals surface area contributed by atoms with E-state index in [2.05, 4.69) is 120 Å². The first-order valence-electron chi connectivity index (χ1n) is 13.6. The number of benzene rings is 6. The maximum Gasteiger partial charge on any atom is 0.134 e. The molecule has 1 aliphatic carbocycles. The SMILES string of the molecule is Clc1cccc2c3cc4c(cc3n(-c3ccccc3)c12)Oc1ccccc1C41c2ccccc2-c2ccccc21. The number of hydrogen-bond donors (Lipinski definition) is 0. The van der Waals surface area contributed by atoms with Gasteiger partial charge in [0.2, 0.25) is 0 Å². The molecule has 0 atom stereocenters. The van der Waals surface area contributed by atoms with Crippen LogP contribution in [-0.2, 0) is 5.41 Å². The topological polar surface area (TPSA) is 14.2 Å². The van der Waals surface area contributed by atoms with Crippen molar-refractivity contribution in [1.29, 1.82) is 0 Å². The van der Waals surface area contributed by atoms with E-state index < -0.39 is 5.41 Å². The van der Waals surface area contributed by atoms with E-state index in [0.29, 0.717) is 0 Å². The van der Waals surface area contributed by atoms with Crippen LogP contribution in [0.5, 0.6) is 11.5 Å². The monoisotopic (exact) mass is 531 g/mol. The fourth-order valence-corrected chi connectivity index (χ4v) is 7.48. The molecule has 7 aromatic rings. The fraction of sp³-hybridized carbons (Fsp3) is 0.0270. The van der Waals surface area contributed by atoms with E-state index in [1.165, 1.54) is 27.8 Å². The first-order chi connectivity index (χ1) is 19.8. The Hall–Kier alpha value is -4.79. The van der Waals surface area contributed by atoms with Crippen molar-refractivity contribution in [3.63, 3.8) is 0 Å². The summed E-state index contributed by atoms with van der Waals surface area (Å²) in [7, 11) is 0. The van der Waals surface area contributed by atoms with E-state index in [4.69, 9.17) is 16.3 Å². The second kappa shape index (κ2) is 7.88. The number of ether oxygens (including phenoxy) is 1. The van der Waals surface area contributed by atoms with Gasteiger partial charge in [-0.1, -0.05) is 109 Å². The summed E-state index contributed by atoms with van der Waals surface area (Å²) in [5.41, 5.74) is 10.1. The van der Waals surface area contributed by atoms with Gasteiger partial charge in [0.25, 0.3) is 0 Å². The average Bonchev–Trinajstić information content (AvgIpc) is 3.49. The van der Waals surface area contributed by atoms with Crippen molar-refractivity contribution in [3.8, 4) is 28.3 Å². The van der Waals surface area contributed by atoms with Gasteiger partial charge >= 0.3 is 0 Å². The quantitative estimate of drug-likeness (QED) is 0.205. The lowest BCUT2D eigenvalue weighted by atomic mass is 9.66. The smallest absolute Gasteiger partial charge is 0.134 e. The normalized spacial score (nSPS) is 14.0. The first-order valence-corrected chi connectivity index (χ1v) is 13.9. The molecule has 9 rings (SSSR count). The minimum Gasteiger partial charge on any atom is -0.457 e. The first kappa shape index (κ1) is 22.1. The molecular weight excluding hydrogens is 510 g/mol. The molecule has 0 radical (unpaired) electrons. The van der Waals surface area contributed by atoms with Crippen LogP contribution in [0.3, 0.4) is 0 Å². The molecule has 2 aliphatic rings. The van der Waals surface area contributed by atoms with Crippen LogP contribution < -0.4 is 4.74 Å². The summed E-state index contributed by atoms with van der Waals surface area (Å²) >= 11 is 6.92. The summed E-state index contributed by atoms with van der Waals surface area (Å²) in [4.78, 5) is 0. The Kier molecular flexibility index (Phi) is 4.35. The van der Waals surface area contributed by atoms with Gasteiger partial charge in [0.05, 0.1) is 21.5 Å². The largest absolute Gasteiger partial charge is 0.457 e. The second-order valence-electron chi connectivity index (χ2n) is 10.6. The van der Waals surface area contributed by atoms with Gasteiger partial charge in [0.1, 0.15) is 11.5 Å². The molecule has 2 heterocycles. The Morgan fingerprint density at radius 1 is 0.525 bits per heavy atom. The molecule has 1 aromatic heterocycles. The molecular formula is C37H22ClNO. The molecule has 0 saturated heterocycles. The third-order valence-electron chi connectivity index (χ3n) is 8.72. The van der Waals surface area contributed by atoms with Crippen molar-refractivity contribution in [1.82, 2.24) is 4.57 Å². The van der Waals surface area contributed by atoms with Crippen LogP contribution in [-0.4, -0.2) is 4.57 Å². The van der Waals surface area contributed by atoms with Crippen molar-refractivity contribution < 1.29 is 4.74 Å². The Labute approximate surface area is 236 Å². The van der Waals surface area contributed by atoms with Gasteiger partial charge in [0, 0.05) is 33.7 Å². The lowest BCUT2D eigenvalue weighted by Gasteiger charge is -2.39. The highest BCUT2D eigenvalue weighted by molar-refractivity contribution is 6.36. The van der Waals surface area contributed by atoms with Crippen LogP contribution in [0, 0.1) is 0 Å². The Morgan fingerprint density at radius 3 is 1.93 bits per heavy atom. The van der Waals surface area contributed by atoms with Gasteiger partial charge in [-0.3, -0.25) is 0 Å². The third kappa shape index (κ3) is 2.64. The van der Waals surface area contributed by atoms with E-state index in [0.717, 1.165) is 49.6 Å². The molecule has 0 saturated carbocycles. The standard InChI is InChI=1S/C37H22ClNO/c38-32-19-10-15-26-27-21-31-35(22-33(27)39(36(26)32)23-11-2-1-3-12-23)40-34-20-9-8-18-30(34)37(31)28-16-6-4-13-24(28)25-14-5-7-17-29(25)37/h1-22H. The number of halogens is 1. The molecule has 0 bridgehead atoms. The summed E-state index contributed by atoms with van der Waals surface area (Å²) in [5, 5.41) is 3.01. The molecule has 0 unspecified atom stereocenters. The van der Waals surface area contributed by atoms with Crippen LogP contribution in [0.2, 0.25) is 5.02 Å². The van der Waals surface area contributed by atoms with Gasteiger partial charge in [0.15, 0.2) is 0 Å². The molecule has 40 heavy (non-hydrogen) atoms. The summed E-state index contributed by atoms with van der Waals surface area (Å²) in [6, 6.07) is 47.4. The zero-order valence-corrected chi connectivity index (χ0v) is 22.2. The van der Waals surface area contributed by atoms with Crippen molar-refractivity contribution >= 4 is 33.4 Å². The van der Waals surface area contributed by atoms with Gasteiger partial charge in [-0.05, 0) is 52.6 Å². The van der Waals surface area contributed by atoms with E-state index >= 15 is 0 Å². The van der Waals surface area contributed by atoms with E-state index in [-0.39, 0.29) is 0 Å². The lowest BCUT2D eigenvalue weighted by Crippen LogP contribution is -2.32. The summed E-state index contributed by atoms with van der Waals surface area (Å²) in [6.07, 6.45) is 0. The van der Waals surface area contributed by atoms with Crippen LogP contribution in [0.1, 0.15) is 22.3 Å². The van der Waals surface area contributed by atoms with E-state index in [9.17, 15) is 0 Å². The van der Waals surface area contributed by atoms with Crippen LogP contribution >= 0.6 is 11.6 Å². The molecule has 1 spiro atoms. The number of rotatable bonds is 1. The van der Waals surface area contributed by atoms with Gasteiger partial charge in [-0.15, -0.1) is 0 Å². The minimum absolute atomic E-state index is 0.495. The number of fused-ring (bicyclic) bond motifs is 12. The predicted molar refractivity (Wildman–Crippen MR) is 163 cm³/mol. The van der Waals surface area contributed by atoms with Crippen LogP contribution in [0.15, 0.2) is 133 Å². The van der Waals surface area contributed by atoms with Crippen molar-refractivity contribution in [2.45, 2.75) is 5.41 Å². The zero-order chi connectivity index (χ0) is 26.4. The summed E-state index contributed by atoms with van der Waals surface area (Å²) in [6.45, 7) is 0. The molecule has 188 valence electrons. The zero-order valence-electron chi connectivity index (χ0n) is 21.4. The average molecular weight is 532 g/mol. The predicted octanol–water partition coefficient (Wildman–Crippen LogP) is 9.91. The molecule has 3 heteroatoms. The number of para-hydroxylation sites is 3. The Bertz CT molecular complexity index is 2110. The summed E-state index contributed by atoms with van der Waals surface area (Å²) < 4.78 is 9.04. The molecule has 1 aliphatic heterocycles. The second-order valence-corrected chi connectivity index (χ2v) is 11.0. The maximum atomic E-state index is 6.92.